The third kappa shape index (κ3) is 8.40. The smallest absolute Gasteiger partial charge is 0.0799 e. The molecule has 0 radical (unpaired) electrons. The SMILES string of the molecule is CCC1CCC(C(O)C[C@H](CCCC(O)[C@H](O)CCC2CC2(CC)CC)[C@@H](C)I)CC1. The van der Waals surface area contributed by atoms with Gasteiger partial charge in [0.1, 0.15) is 0 Å². The van der Waals surface area contributed by atoms with Gasteiger partial charge in [0.05, 0.1) is 18.3 Å². The number of aliphatic hydroxyl groups excluding tert-OH is 3. The van der Waals surface area contributed by atoms with Gasteiger partial charge in [-0.05, 0) is 80.5 Å². The fourth-order valence-corrected chi connectivity index (χ4v) is 6.97. The summed E-state index contributed by atoms with van der Waals surface area (Å²) in [5, 5.41) is 31.8. The zero-order valence-electron chi connectivity index (χ0n) is 20.7. The predicted octanol–water partition coefficient (Wildman–Crippen LogP) is 6.89. The molecule has 2 rings (SSSR count). The number of hydrogen-bond acceptors (Lipinski definition) is 3. The first-order valence-corrected chi connectivity index (χ1v) is 14.7. The molecule has 0 aromatic rings. The van der Waals surface area contributed by atoms with E-state index in [-0.39, 0.29) is 6.10 Å². The van der Waals surface area contributed by atoms with E-state index in [1.54, 1.807) is 0 Å². The second-order valence-corrected chi connectivity index (χ2v) is 13.0. The summed E-state index contributed by atoms with van der Waals surface area (Å²) >= 11 is 2.50. The van der Waals surface area contributed by atoms with Gasteiger partial charge in [-0.3, -0.25) is 0 Å². The van der Waals surface area contributed by atoms with Gasteiger partial charge >= 0.3 is 0 Å². The third-order valence-electron chi connectivity index (χ3n) is 9.30. The van der Waals surface area contributed by atoms with Gasteiger partial charge in [0.25, 0.3) is 0 Å². The highest BCUT2D eigenvalue weighted by molar-refractivity contribution is 14.1. The average Bonchev–Trinajstić information content (AvgIpc) is 3.50. The molecule has 0 aromatic carbocycles. The van der Waals surface area contributed by atoms with Crippen LogP contribution in [0.25, 0.3) is 0 Å². The molecule has 2 saturated carbocycles. The maximum atomic E-state index is 10.9. The first kappa shape index (κ1) is 27.9. The average molecular weight is 551 g/mol. The van der Waals surface area contributed by atoms with E-state index < -0.39 is 12.2 Å². The monoisotopic (exact) mass is 550 g/mol. The van der Waals surface area contributed by atoms with E-state index >= 15 is 0 Å². The summed E-state index contributed by atoms with van der Waals surface area (Å²) in [6.45, 7) is 9.11. The molecule has 3 unspecified atom stereocenters. The van der Waals surface area contributed by atoms with Crippen molar-refractivity contribution in [3.05, 3.63) is 0 Å². The molecule has 184 valence electrons. The number of rotatable bonds is 15. The molecule has 3 N–H and O–H groups in total. The summed E-state index contributed by atoms with van der Waals surface area (Å²) < 4.78 is 0.521. The Kier molecular flexibility index (Phi) is 12.1. The lowest BCUT2D eigenvalue weighted by Gasteiger charge is -2.33. The highest BCUT2D eigenvalue weighted by Gasteiger charge is 2.50. The summed E-state index contributed by atoms with van der Waals surface area (Å²) in [7, 11) is 0. The van der Waals surface area contributed by atoms with Crippen molar-refractivity contribution in [1.82, 2.24) is 0 Å². The van der Waals surface area contributed by atoms with Gasteiger partial charge in [0.2, 0.25) is 0 Å². The molecule has 3 nitrogen and oxygen atoms in total. The van der Waals surface area contributed by atoms with E-state index in [0.29, 0.717) is 27.6 Å². The molecule has 31 heavy (non-hydrogen) atoms. The van der Waals surface area contributed by atoms with Gasteiger partial charge in [0.15, 0.2) is 0 Å². The largest absolute Gasteiger partial charge is 0.393 e. The molecule has 0 amide bonds. The maximum absolute atomic E-state index is 10.9. The zero-order chi connectivity index (χ0) is 23.0. The molecule has 2 aliphatic rings. The van der Waals surface area contributed by atoms with Crippen LogP contribution in [0.4, 0.5) is 0 Å². The van der Waals surface area contributed by atoms with E-state index in [1.165, 1.54) is 51.4 Å². The van der Waals surface area contributed by atoms with Gasteiger partial charge in [-0.15, -0.1) is 0 Å². The van der Waals surface area contributed by atoms with Crippen LogP contribution in [-0.2, 0) is 0 Å². The van der Waals surface area contributed by atoms with Crippen LogP contribution in [0.15, 0.2) is 0 Å². The molecule has 2 aliphatic carbocycles. The fourth-order valence-electron chi connectivity index (χ4n) is 6.32. The van der Waals surface area contributed by atoms with E-state index in [9.17, 15) is 15.3 Å². The van der Waals surface area contributed by atoms with Gasteiger partial charge < -0.3 is 15.3 Å². The molecule has 0 aromatic heterocycles. The Balaban J connectivity index is 1.66. The first-order chi connectivity index (χ1) is 14.8. The molecule has 0 aliphatic heterocycles. The van der Waals surface area contributed by atoms with Crippen LogP contribution >= 0.6 is 22.6 Å². The van der Waals surface area contributed by atoms with E-state index in [0.717, 1.165) is 43.9 Å². The van der Waals surface area contributed by atoms with Gasteiger partial charge in [0, 0.05) is 3.92 Å². The summed E-state index contributed by atoms with van der Waals surface area (Å²) in [6.07, 6.45) is 14.0. The van der Waals surface area contributed by atoms with E-state index in [1.807, 2.05) is 0 Å². The van der Waals surface area contributed by atoms with E-state index in [4.69, 9.17) is 0 Å². The molecule has 0 spiro atoms. The molecular formula is C27H51IO3. The summed E-state index contributed by atoms with van der Waals surface area (Å²) in [5.41, 5.74) is 0.533. The van der Waals surface area contributed by atoms with Crippen molar-refractivity contribution >= 4 is 22.6 Å². The molecule has 2 fully saturated rings. The van der Waals surface area contributed by atoms with Crippen molar-refractivity contribution in [3.63, 3.8) is 0 Å². The topological polar surface area (TPSA) is 60.7 Å². The Bertz CT molecular complexity index is 485. The van der Waals surface area contributed by atoms with Crippen LogP contribution in [0.2, 0.25) is 0 Å². The van der Waals surface area contributed by atoms with Crippen molar-refractivity contribution < 1.29 is 15.3 Å². The van der Waals surface area contributed by atoms with Crippen LogP contribution in [-0.4, -0.2) is 37.6 Å². The number of halogens is 1. The Labute approximate surface area is 206 Å². The lowest BCUT2D eigenvalue weighted by Crippen LogP contribution is -2.30. The van der Waals surface area contributed by atoms with Crippen LogP contribution in [0.5, 0.6) is 0 Å². The van der Waals surface area contributed by atoms with Crippen LogP contribution in [0.1, 0.15) is 118 Å². The molecule has 0 saturated heterocycles. The second-order valence-electron chi connectivity index (χ2n) is 11.0. The minimum atomic E-state index is -0.601. The lowest BCUT2D eigenvalue weighted by atomic mass is 9.76. The Morgan fingerprint density at radius 3 is 2.03 bits per heavy atom. The molecule has 4 heteroatoms. The van der Waals surface area contributed by atoms with Gasteiger partial charge in [-0.2, -0.15) is 0 Å². The Hall–Kier alpha value is 0.610. The van der Waals surface area contributed by atoms with Crippen molar-refractivity contribution in [3.8, 4) is 0 Å². The van der Waals surface area contributed by atoms with Crippen LogP contribution in [0, 0.1) is 29.1 Å². The van der Waals surface area contributed by atoms with Crippen molar-refractivity contribution in [2.45, 2.75) is 140 Å². The van der Waals surface area contributed by atoms with E-state index in [2.05, 4.69) is 50.3 Å². The molecule has 0 heterocycles. The minimum absolute atomic E-state index is 0.175. The van der Waals surface area contributed by atoms with Crippen LogP contribution < -0.4 is 0 Å². The molecule has 6 atom stereocenters. The highest BCUT2D eigenvalue weighted by Crippen LogP contribution is 2.59. The van der Waals surface area contributed by atoms with Crippen molar-refractivity contribution in [2.75, 3.05) is 0 Å². The predicted molar refractivity (Wildman–Crippen MR) is 140 cm³/mol. The minimum Gasteiger partial charge on any atom is -0.393 e. The highest BCUT2D eigenvalue weighted by atomic mass is 127. The number of aliphatic hydroxyl groups is 3. The summed E-state index contributed by atoms with van der Waals surface area (Å²) in [4.78, 5) is 0. The standard InChI is InChI=1S/C27H51IO3/c1-5-20-11-13-21(14-12-20)26(31)17-22(19(4)28)9-8-10-24(29)25(30)16-15-23-18-27(23,6-2)7-3/h19-26,29-31H,5-18H2,1-4H3/t19-,20?,21?,22+,23?,24?,25-,26?/m1/s1. The number of alkyl halides is 1. The van der Waals surface area contributed by atoms with Crippen molar-refractivity contribution in [1.29, 1.82) is 0 Å². The van der Waals surface area contributed by atoms with Gasteiger partial charge in [-0.25, -0.2) is 0 Å². The van der Waals surface area contributed by atoms with Crippen molar-refractivity contribution in [2.24, 2.45) is 29.1 Å². The summed E-state index contributed by atoms with van der Waals surface area (Å²) in [6, 6.07) is 0. The second kappa shape index (κ2) is 13.5. The quantitative estimate of drug-likeness (QED) is 0.154. The third-order valence-corrected chi connectivity index (χ3v) is 10.3. The summed E-state index contributed by atoms with van der Waals surface area (Å²) in [5.74, 6) is 2.59. The lowest BCUT2D eigenvalue weighted by molar-refractivity contribution is 0.00468. The zero-order valence-corrected chi connectivity index (χ0v) is 22.9. The Morgan fingerprint density at radius 2 is 1.52 bits per heavy atom. The normalized spacial score (nSPS) is 30.4. The molecule has 0 bridgehead atoms. The fraction of sp³-hybridized carbons (Fsp3) is 1.00. The molecular weight excluding hydrogens is 499 g/mol. The Morgan fingerprint density at radius 1 is 0.903 bits per heavy atom. The van der Waals surface area contributed by atoms with Crippen LogP contribution in [0.3, 0.4) is 0 Å². The maximum Gasteiger partial charge on any atom is 0.0799 e. The van der Waals surface area contributed by atoms with Gasteiger partial charge in [-0.1, -0.05) is 88.8 Å². The number of hydrogen-bond donors (Lipinski definition) is 3. The first-order valence-electron chi connectivity index (χ1n) is 13.4.